The molecule has 2 aromatic rings. The summed E-state index contributed by atoms with van der Waals surface area (Å²) in [5.41, 5.74) is 2.29. The lowest BCUT2D eigenvalue weighted by Crippen LogP contribution is -2.51. The molecule has 3 rings (SSSR count). The van der Waals surface area contributed by atoms with Gasteiger partial charge in [-0.3, -0.25) is 14.6 Å². The molecule has 2 heterocycles. The SMILES string of the molecule is Cc1cc(C(=O)NCC(=O)N2CCN(c3ccc(O)cc3)CC2)ccn1. The largest absolute Gasteiger partial charge is 0.508 e. The van der Waals surface area contributed by atoms with Crippen LogP contribution in [0.4, 0.5) is 5.69 Å². The third-order valence-corrected chi connectivity index (χ3v) is 4.41. The van der Waals surface area contributed by atoms with Crippen LogP contribution in [0, 0.1) is 6.92 Å². The zero-order valence-electron chi connectivity index (χ0n) is 14.7. The number of nitrogens with zero attached hydrogens (tertiary/aromatic N) is 3. The Hall–Kier alpha value is -3.09. The number of nitrogens with one attached hydrogen (secondary N) is 1. The number of amides is 2. The minimum atomic E-state index is -0.272. The molecule has 0 atom stereocenters. The van der Waals surface area contributed by atoms with Crippen LogP contribution >= 0.6 is 0 Å². The summed E-state index contributed by atoms with van der Waals surface area (Å²) in [7, 11) is 0. The summed E-state index contributed by atoms with van der Waals surface area (Å²) >= 11 is 0. The number of aromatic nitrogens is 1. The Kier molecular flexibility index (Phi) is 5.36. The zero-order chi connectivity index (χ0) is 18.5. The molecule has 1 aromatic carbocycles. The van der Waals surface area contributed by atoms with Gasteiger partial charge in [0, 0.05) is 49.3 Å². The quantitative estimate of drug-likeness (QED) is 0.861. The molecular formula is C19H22N4O3. The molecule has 0 bridgehead atoms. The van der Waals surface area contributed by atoms with Crippen LogP contribution < -0.4 is 10.2 Å². The van der Waals surface area contributed by atoms with E-state index in [1.165, 1.54) is 0 Å². The summed E-state index contributed by atoms with van der Waals surface area (Å²) in [4.78, 5) is 32.4. The lowest BCUT2D eigenvalue weighted by Gasteiger charge is -2.36. The van der Waals surface area contributed by atoms with Crippen LogP contribution in [0.2, 0.25) is 0 Å². The highest BCUT2D eigenvalue weighted by Crippen LogP contribution is 2.19. The van der Waals surface area contributed by atoms with Gasteiger partial charge >= 0.3 is 0 Å². The standard InChI is InChI=1S/C19H22N4O3/c1-14-12-15(6-7-20-14)19(26)21-13-18(25)23-10-8-22(9-11-23)16-2-4-17(24)5-3-16/h2-7,12,24H,8-11,13H2,1H3,(H,21,26). The number of anilines is 1. The predicted octanol–water partition coefficient (Wildman–Crippen LogP) is 1.17. The fourth-order valence-electron chi connectivity index (χ4n) is 2.93. The summed E-state index contributed by atoms with van der Waals surface area (Å²) in [6.45, 7) is 4.44. The van der Waals surface area contributed by atoms with Crippen LogP contribution in [0.15, 0.2) is 42.6 Å². The molecule has 136 valence electrons. The van der Waals surface area contributed by atoms with Crippen molar-refractivity contribution in [3.05, 3.63) is 53.9 Å². The third kappa shape index (κ3) is 4.30. The Morgan fingerprint density at radius 1 is 1.12 bits per heavy atom. The van der Waals surface area contributed by atoms with Gasteiger partial charge in [-0.25, -0.2) is 0 Å². The predicted molar refractivity (Wildman–Crippen MR) is 98.2 cm³/mol. The number of phenols is 1. The van der Waals surface area contributed by atoms with Crippen LogP contribution in [0.5, 0.6) is 5.75 Å². The number of aromatic hydroxyl groups is 1. The minimum absolute atomic E-state index is 0.0145. The van der Waals surface area contributed by atoms with E-state index >= 15 is 0 Å². The first-order chi connectivity index (χ1) is 12.5. The van der Waals surface area contributed by atoms with Crippen molar-refractivity contribution in [2.75, 3.05) is 37.6 Å². The lowest BCUT2D eigenvalue weighted by molar-refractivity contribution is -0.130. The second-order valence-corrected chi connectivity index (χ2v) is 6.25. The number of phenolic OH excluding ortho intramolecular Hbond substituents is 1. The number of piperazine rings is 1. The van der Waals surface area contributed by atoms with Crippen LogP contribution in [-0.2, 0) is 4.79 Å². The molecule has 0 radical (unpaired) electrons. The van der Waals surface area contributed by atoms with Gasteiger partial charge in [-0.2, -0.15) is 0 Å². The van der Waals surface area contributed by atoms with E-state index in [1.54, 1.807) is 35.4 Å². The maximum absolute atomic E-state index is 12.3. The average Bonchev–Trinajstić information content (AvgIpc) is 2.66. The summed E-state index contributed by atoms with van der Waals surface area (Å²) in [6, 6.07) is 10.4. The maximum Gasteiger partial charge on any atom is 0.251 e. The van der Waals surface area contributed by atoms with E-state index in [1.807, 2.05) is 19.1 Å². The molecule has 0 spiro atoms. The third-order valence-electron chi connectivity index (χ3n) is 4.41. The first kappa shape index (κ1) is 17.7. The van der Waals surface area contributed by atoms with E-state index in [0.29, 0.717) is 31.7 Å². The molecule has 1 aliphatic heterocycles. The number of pyridine rings is 1. The van der Waals surface area contributed by atoms with Crippen molar-refractivity contribution in [1.82, 2.24) is 15.2 Å². The average molecular weight is 354 g/mol. The van der Waals surface area contributed by atoms with E-state index in [-0.39, 0.29) is 24.1 Å². The van der Waals surface area contributed by atoms with Gasteiger partial charge in [-0.05, 0) is 43.3 Å². The Morgan fingerprint density at radius 2 is 1.81 bits per heavy atom. The minimum Gasteiger partial charge on any atom is -0.508 e. The molecule has 0 unspecified atom stereocenters. The van der Waals surface area contributed by atoms with Crippen molar-refractivity contribution in [3.8, 4) is 5.75 Å². The molecule has 26 heavy (non-hydrogen) atoms. The van der Waals surface area contributed by atoms with E-state index in [0.717, 1.165) is 11.4 Å². The summed E-state index contributed by atoms with van der Waals surface area (Å²) in [5, 5.41) is 12.0. The van der Waals surface area contributed by atoms with Gasteiger partial charge in [0.15, 0.2) is 0 Å². The number of aryl methyl sites for hydroxylation is 1. The number of rotatable bonds is 4. The van der Waals surface area contributed by atoms with Gasteiger partial charge in [0.1, 0.15) is 5.75 Å². The molecular weight excluding hydrogens is 332 g/mol. The van der Waals surface area contributed by atoms with Crippen LogP contribution in [0.1, 0.15) is 16.1 Å². The number of carbonyl (C=O) groups excluding carboxylic acids is 2. The molecule has 7 heteroatoms. The Morgan fingerprint density at radius 3 is 2.46 bits per heavy atom. The fraction of sp³-hybridized carbons (Fsp3) is 0.316. The highest BCUT2D eigenvalue weighted by atomic mass is 16.3. The Balaban J connectivity index is 1.47. The van der Waals surface area contributed by atoms with Gasteiger partial charge < -0.3 is 20.2 Å². The number of hydrogen-bond acceptors (Lipinski definition) is 5. The van der Waals surface area contributed by atoms with Crippen LogP contribution in [-0.4, -0.2) is 59.5 Å². The lowest BCUT2D eigenvalue weighted by atomic mass is 10.2. The number of hydrogen-bond donors (Lipinski definition) is 2. The first-order valence-corrected chi connectivity index (χ1v) is 8.55. The van der Waals surface area contributed by atoms with Crippen LogP contribution in [0.3, 0.4) is 0 Å². The summed E-state index contributed by atoms with van der Waals surface area (Å²) in [5.74, 6) is -0.122. The van der Waals surface area contributed by atoms with Gasteiger partial charge in [0.2, 0.25) is 5.91 Å². The second kappa shape index (κ2) is 7.86. The van der Waals surface area contributed by atoms with E-state index in [9.17, 15) is 14.7 Å². The normalized spacial score (nSPS) is 14.2. The molecule has 1 fully saturated rings. The highest BCUT2D eigenvalue weighted by Gasteiger charge is 2.21. The van der Waals surface area contributed by atoms with Crippen LogP contribution in [0.25, 0.3) is 0 Å². The Labute approximate surface area is 152 Å². The zero-order valence-corrected chi connectivity index (χ0v) is 14.7. The molecule has 1 aromatic heterocycles. The first-order valence-electron chi connectivity index (χ1n) is 8.55. The van der Waals surface area contributed by atoms with Gasteiger partial charge in [-0.1, -0.05) is 0 Å². The summed E-state index contributed by atoms with van der Waals surface area (Å²) < 4.78 is 0. The summed E-state index contributed by atoms with van der Waals surface area (Å²) in [6.07, 6.45) is 1.58. The van der Waals surface area contributed by atoms with Gasteiger partial charge in [-0.15, -0.1) is 0 Å². The van der Waals surface area contributed by atoms with E-state index in [4.69, 9.17) is 0 Å². The van der Waals surface area contributed by atoms with Crippen molar-refractivity contribution in [2.45, 2.75) is 6.92 Å². The van der Waals surface area contributed by atoms with E-state index < -0.39 is 0 Å². The molecule has 2 amide bonds. The van der Waals surface area contributed by atoms with Crippen molar-refractivity contribution in [2.24, 2.45) is 0 Å². The molecule has 1 aliphatic rings. The molecule has 1 saturated heterocycles. The molecule has 0 saturated carbocycles. The highest BCUT2D eigenvalue weighted by molar-refractivity contribution is 5.96. The monoisotopic (exact) mass is 354 g/mol. The van der Waals surface area contributed by atoms with Crippen molar-refractivity contribution in [3.63, 3.8) is 0 Å². The molecule has 7 nitrogen and oxygen atoms in total. The second-order valence-electron chi connectivity index (χ2n) is 6.25. The number of carbonyl (C=O) groups is 2. The van der Waals surface area contributed by atoms with E-state index in [2.05, 4.69) is 15.2 Å². The van der Waals surface area contributed by atoms with Gasteiger partial charge in [0.05, 0.1) is 6.54 Å². The maximum atomic E-state index is 12.3. The smallest absolute Gasteiger partial charge is 0.251 e. The van der Waals surface area contributed by atoms with Crippen molar-refractivity contribution >= 4 is 17.5 Å². The van der Waals surface area contributed by atoms with Crippen molar-refractivity contribution in [1.29, 1.82) is 0 Å². The fourth-order valence-corrected chi connectivity index (χ4v) is 2.93. The Bertz CT molecular complexity index is 784. The topological polar surface area (TPSA) is 85.8 Å². The molecule has 2 N–H and O–H groups in total. The van der Waals surface area contributed by atoms with Crippen molar-refractivity contribution < 1.29 is 14.7 Å². The number of benzene rings is 1. The molecule has 0 aliphatic carbocycles. The van der Waals surface area contributed by atoms with Gasteiger partial charge in [0.25, 0.3) is 5.91 Å².